The fourth-order valence-electron chi connectivity index (χ4n) is 3.57. The van der Waals surface area contributed by atoms with Gasteiger partial charge in [0.1, 0.15) is 12.1 Å². The number of anilines is 2. The number of benzene rings is 1. The Labute approximate surface area is 155 Å². The first kappa shape index (κ1) is 16.8. The molecule has 134 valence electrons. The molecular weight excluding hydrogens is 352 g/mol. The molecular formula is C18H19ClN6O. The van der Waals surface area contributed by atoms with Crippen LogP contribution >= 0.6 is 11.6 Å². The molecule has 0 spiro atoms. The van der Waals surface area contributed by atoms with Crippen LogP contribution in [0.3, 0.4) is 0 Å². The number of hydrogen-bond acceptors (Lipinski definition) is 5. The normalized spacial score (nSPS) is 17.5. The molecule has 26 heavy (non-hydrogen) atoms. The number of nitrogens with zero attached hydrogens (tertiary/aromatic N) is 4. The first-order chi connectivity index (χ1) is 12.6. The van der Waals surface area contributed by atoms with Crippen LogP contribution in [0.5, 0.6) is 0 Å². The van der Waals surface area contributed by atoms with Gasteiger partial charge in [0.05, 0.1) is 23.1 Å². The topological polar surface area (TPSA) is 86.8 Å². The lowest BCUT2D eigenvalue weighted by molar-refractivity contribution is -0.114. The number of nitrogens with one attached hydrogen (secondary N) is 2. The van der Waals surface area contributed by atoms with Crippen molar-refractivity contribution in [3.05, 3.63) is 41.4 Å². The Morgan fingerprint density at radius 3 is 3.12 bits per heavy atom. The Morgan fingerprint density at radius 1 is 1.38 bits per heavy atom. The summed E-state index contributed by atoms with van der Waals surface area (Å²) < 4.78 is 0. The molecule has 1 amide bonds. The second-order valence-corrected chi connectivity index (χ2v) is 6.96. The maximum atomic E-state index is 11.4. The number of amides is 1. The minimum absolute atomic E-state index is 0.0982. The van der Waals surface area contributed by atoms with Crippen molar-refractivity contribution in [2.24, 2.45) is 0 Å². The highest BCUT2D eigenvalue weighted by molar-refractivity contribution is 6.31. The third-order valence-corrected chi connectivity index (χ3v) is 4.92. The van der Waals surface area contributed by atoms with E-state index < -0.39 is 0 Å². The summed E-state index contributed by atoms with van der Waals surface area (Å²) in [5.74, 6) is 1.06. The maximum Gasteiger partial charge on any atom is 0.221 e. The molecule has 3 aromatic rings. The highest BCUT2D eigenvalue weighted by atomic mass is 35.5. The summed E-state index contributed by atoms with van der Waals surface area (Å²) in [5, 5.41) is 11.7. The molecule has 2 aromatic heterocycles. The van der Waals surface area contributed by atoms with Crippen LogP contribution in [-0.2, 0) is 4.79 Å². The van der Waals surface area contributed by atoms with Gasteiger partial charge in [-0.1, -0.05) is 11.6 Å². The van der Waals surface area contributed by atoms with Crippen molar-refractivity contribution in [2.45, 2.75) is 25.7 Å². The summed E-state index contributed by atoms with van der Waals surface area (Å²) in [4.78, 5) is 22.5. The first-order valence-corrected chi connectivity index (χ1v) is 8.95. The highest BCUT2D eigenvalue weighted by Crippen LogP contribution is 2.34. The van der Waals surface area contributed by atoms with E-state index in [0.29, 0.717) is 5.02 Å². The number of fused-ring (bicyclic) bond motifs is 1. The second-order valence-electron chi connectivity index (χ2n) is 6.52. The minimum atomic E-state index is -0.0982. The Bertz CT molecular complexity index is 956. The van der Waals surface area contributed by atoms with E-state index >= 15 is 0 Å². The largest absolute Gasteiger partial charge is 0.355 e. The Hall–Kier alpha value is -2.67. The molecule has 0 saturated carbocycles. The molecule has 8 heteroatoms. The van der Waals surface area contributed by atoms with Gasteiger partial charge in [0.25, 0.3) is 0 Å². The van der Waals surface area contributed by atoms with Gasteiger partial charge in [-0.15, -0.1) is 0 Å². The van der Waals surface area contributed by atoms with Gasteiger partial charge in [0.2, 0.25) is 5.91 Å². The summed E-state index contributed by atoms with van der Waals surface area (Å²) in [7, 11) is 0. The average molecular weight is 371 g/mol. The van der Waals surface area contributed by atoms with Gasteiger partial charge in [-0.2, -0.15) is 5.10 Å². The molecule has 1 unspecified atom stereocenters. The Balaban J connectivity index is 1.64. The average Bonchev–Trinajstić information content (AvgIpc) is 3.08. The summed E-state index contributed by atoms with van der Waals surface area (Å²) in [6.45, 7) is 3.22. The fraction of sp³-hybridized carbons (Fsp3) is 0.333. The fourth-order valence-corrected chi connectivity index (χ4v) is 3.74. The Morgan fingerprint density at radius 2 is 2.27 bits per heavy atom. The van der Waals surface area contributed by atoms with Crippen molar-refractivity contribution in [3.63, 3.8) is 0 Å². The molecule has 1 saturated heterocycles. The SMILES string of the molecule is CC(=O)Nc1cn[nH]c1C1CCCN(c2ncnc3cc(Cl)ccc23)C1. The van der Waals surface area contributed by atoms with E-state index in [1.807, 2.05) is 18.2 Å². The van der Waals surface area contributed by atoms with Crippen LogP contribution in [-0.4, -0.2) is 39.2 Å². The number of rotatable bonds is 3. The monoisotopic (exact) mass is 370 g/mol. The van der Waals surface area contributed by atoms with Crippen molar-refractivity contribution >= 4 is 39.9 Å². The maximum absolute atomic E-state index is 11.4. The quantitative estimate of drug-likeness (QED) is 0.738. The van der Waals surface area contributed by atoms with E-state index in [0.717, 1.165) is 54.0 Å². The summed E-state index contributed by atoms with van der Waals surface area (Å²) >= 11 is 6.09. The Kier molecular flexibility index (Phi) is 4.46. The number of piperidine rings is 1. The van der Waals surface area contributed by atoms with Crippen LogP contribution in [0.25, 0.3) is 10.9 Å². The molecule has 1 fully saturated rings. The summed E-state index contributed by atoms with van der Waals surface area (Å²) in [6, 6.07) is 5.69. The minimum Gasteiger partial charge on any atom is -0.355 e. The standard InChI is InChI=1S/C18H19ClN6O/c1-11(26)23-16-8-22-24-17(16)12-3-2-6-25(9-12)18-14-5-4-13(19)7-15(14)20-10-21-18/h4-5,7-8,10,12H,2-3,6,9H2,1H3,(H,22,24)(H,23,26). The van der Waals surface area contributed by atoms with Crippen molar-refractivity contribution in [1.29, 1.82) is 0 Å². The van der Waals surface area contributed by atoms with E-state index in [1.165, 1.54) is 6.92 Å². The molecule has 0 aliphatic carbocycles. The van der Waals surface area contributed by atoms with E-state index in [-0.39, 0.29) is 11.8 Å². The lowest BCUT2D eigenvalue weighted by Gasteiger charge is -2.34. The van der Waals surface area contributed by atoms with Crippen molar-refractivity contribution in [2.75, 3.05) is 23.3 Å². The number of hydrogen-bond donors (Lipinski definition) is 2. The summed E-state index contributed by atoms with van der Waals surface area (Å²) in [5.41, 5.74) is 2.56. The zero-order chi connectivity index (χ0) is 18.1. The number of aromatic nitrogens is 4. The van der Waals surface area contributed by atoms with E-state index in [9.17, 15) is 4.79 Å². The molecule has 1 aliphatic rings. The number of aromatic amines is 1. The van der Waals surface area contributed by atoms with Crippen molar-refractivity contribution in [3.8, 4) is 0 Å². The van der Waals surface area contributed by atoms with Crippen LogP contribution in [0.15, 0.2) is 30.7 Å². The number of halogens is 1. The first-order valence-electron chi connectivity index (χ1n) is 8.58. The van der Waals surface area contributed by atoms with Crippen LogP contribution < -0.4 is 10.2 Å². The van der Waals surface area contributed by atoms with Crippen molar-refractivity contribution in [1.82, 2.24) is 20.2 Å². The van der Waals surface area contributed by atoms with Crippen LogP contribution in [0.2, 0.25) is 5.02 Å². The van der Waals surface area contributed by atoms with Crippen LogP contribution in [0.1, 0.15) is 31.4 Å². The molecule has 7 nitrogen and oxygen atoms in total. The lowest BCUT2D eigenvalue weighted by atomic mass is 9.93. The third kappa shape index (κ3) is 3.22. The van der Waals surface area contributed by atoms with E-state index in [2.05, 4.69) is 30.4 Å². The van der Waals surface area contributed by atoms with Gasteiger partial charge in [-0.25, -0.2) is 9.97 Å². The number of carbonyl (C=O) groups is 1. The number of H-pyrrole nitrogens is 1. The third-order valence-electron chi connectivity index (χ3n) is 4.69. The zero-order valence-electron chi connectivity index (χ0n) is 14.4. The second kappa shape index (κ2) is 6.92. The predicted molar refractivity (Wildman–Crippen MR) is 102 cm³/mol. The molecule has 1 atom stereocenters. The smallest absolute Gasteiger partial charge is 0.221 e. The van der Waals surface area contributed by atoms with E-state index in [1.54, 1.807) is 12.5 Å². The van der Waals surface area contributed by atoms with Crippen LogP contribution in [0.4, 0.5) is 11.5 Å². The molecule has 0 bridgehead atoms. The van der Waals surface area contributed by atoms with Crippen molar-refractivity contribution < 1.29 is 4.79 Å². The van der Waals surface area contributed by atoms with Gasteiger partial charge >= 0.3 is 0 Å². The zero-order valence-corrected chi connectivity index (χ0v) is 15.1. The highest BCUT2D eigenvalue weighted by Gasteiger charge is 2.26. The molecule has 0 radical (unpaired) electrons. The molecule has 2 N–H and O–H groups in total. The molecule has 4 rings (SSSR count). The van der Waals surface area contributed by atoms with Gasteiger partial charge in [-0.3, -0.25) is 9.89 Å². The lowest BCUT2D eigenvalue weighted by Crippen LogP contribution is -2.35. The van der Waals surface area contributed by atoms with E-state index in [4.69, 9.17) is 11.6 Å². The van der Waals surface area contributed by atoms with Gasteiger partial charge in [0.15, 0.2) is 0 Å². The van der Waals surface area contributed by atoms with Gasteiger partial charge < -0.3 is 10.2 Å². The molecule has 1 aliphatic heterocycles. The number of carbonyl (C=O) groups excluding carboxylic acids is 1. The van der Waals surface area contributed by atoms with Crippen LogP contribution in [0, 0.1) is 0 Å². The van der Waals surface area contributed by atoms with Gasteiger partial charge in [0, 0.05) is 36.3 Å². The molecule has 1 aromatic carbocycles. The van der Waals surface area contributed by atoms with Gasteiger partial charge in [-0.05, 0) is 31.0 Å². The summed E-state index contributed by atoms with van der Waals surface area (Å²) in [6.07, 6.45) is 5.30. The molecule has 3 heterocycles. The predicted octanol–water partition coefficient (Wildman–Crippen LogP) is 3.35.